The van der Waals surface area contributed by atoms with Crippen molar-refractivity contribution in [3.63, 3.8) is 0 Å². The molecule has 0 bridgehead atoms. The van der Waals surface area contributed by atoms with Gasteiger partial charge in [-0.25, -0.2) is 4.79 Å². The van der Waals surface area contributed by atoms with Crippen molar-refractivity contribution in [3.05, 3.63) is 30.0 Å². The number of amides is 1. The van der Waals surface area contributed by atoms with Crippen LogP contribution in [0.4, 0.5) is 4.39 Å². The van der Waals surface area contributed by atoms with Crippen LogP contribution in [0.1, 0.15) is 50.5 Å². The lowest BCUT2D eigenvalue weighted by atomic mass is 9.86. The molecule has 2 N–H and O–H groups in total. The van der Waals surface area contributed by atoms with Gasteiger partial charge in [0.05, 0.1) is 12.2 Å². The number of nitrogens with zero attached hydrogens (tertiary/aromatic N) is 2. The van der Waals surface area contributed by atoms with Crippen LogP contribution < -0.4 is 5.32 Å². The Morgan fingerprint density at radius 3 is 2.54 bits per heavy atom. The van der Waals surface area contributed by atoms with E-state index in [4.69, 9.17) is 0 Å². The summed E-state index contributed by atoms with van der Waals surface area (Å²) in [5.74, 6) is -1.59. The average Bonchev–Trinajstić information content (AvgIpc) is 2.94. The Labute approximate surface area is 152 Å². The van der Waals surface area contributed by atoms with Gasteiger partial charge in [0.25, 0.3) is 5.91 Å². The van der Waals surface area contributed by atoms with Gasteiger partial charge in [-0.15, -0.1) is 0 Å². The van der Waals surface area contributed by atoms with Crippen molar-refractivity contribution in [3.8, 4) is 0 Å². The molecule has 0 aliphatic carbocycles. The Balaban J connectivity index is 2.28. The predicted molar refractivity (Wildman–Crippen MR) is 97.9 cm³/mol. The number of aromatic nitrogens is 2. The number of rotatable bonds is 8. The summed E-state index contributed by atoms with van der Waals surface area (Å²) >= 11 is 0. The summed E-state index contributed by atoms with van der Waals surface area (Å²) in [5.41, 5.74) is 0.383. The second-order valence-electron chi connectivity index (χ2n) is 7.45. The highest BCUT2D eigenvalue weighted by Gasteiger charge is 2.33. The number of carbonyl (C=O) groups is 2. The fourth-order valence-corrected chi connectivity index (χ4v) is 2.85. The molecule has 26 heavy (non-hydrogen) atoms. The number of carbonyl (C=O) groups excluding carboxylic acids is 1. The van der Waals surface area contributed by atoms with E-state index in [2.05, 4.69) is 10.4 Å². The number of fused-ring (bicyclic) bond motifs is 1. The normalized spacial score (nSPS) is 12.9. The molecule has 0 saturated carbocycles. The van der Waals surface area contributed by atoms with Crippen LogP contribution in [0.25, 0.3) is 10.9 Å². The molecule has 0 radical (unpaired) electrons. The first kappa shape index (κ1) is 19.9. The maximum Gasteiger partial charge on any atom is 0.326 e. The van der Waals surface area contributed by atoms with Crippen LogP contribution in [0.15, 0.2) is 24.3 Å². The lowest BCUT2D eigenvalue weighted by Crippen LogP contribution is -2.49. The van der Waals surface area contributed by atoms with Crippen molar-refractivity contribution in [2.75, 3.05) is 6.67 Å². The zero-order valence-corrected chi connectivity index (χ0v) is 15.5. The van der Waals surface area contributed by atoms with Crippen molar-refractivity contribution in [1.29, 1.82) is 0 Å². The number of halogens is 1. The van der Waals surface area contributed by atoms with Crippen LogP contribution in [-0.2, 0) is 11.3 Å². The van der Waals surface area contributed by atoms with Gasteiger partial charge in [0.1, 0.15) is 6.04 Å². The van der Waals surface area contributed by atoms with Gasteiger partial charge in [0.15, 0.2) is 5.69 Å². The summed E-state index contributed by atoms with van der Waals surface area (Å²) in [6.45, 7) is 5.52. The highest BCUT2D eigenvalue weighted by molar-refractivity contribution is 6.06. The molecule has 0 aliphatic heterocycles. The van der Waals surface area contributed by atoms with Gasteiger partial charge >= 0.3 is 5.97 Å². The largest absolute Gasteiger partial charge is 0.480 e. The van der Waals surface area contributed by atoms with Crippen LogP contribution in [0, 0.1) is 5.41 Å². The van der Waals surface area contributed by atoms with Gasteiger partial charge in [0, 0.05) is 11.9 Å². The minimum Gasteiger partial charge on any atom is -0.480 e. The highest BCUT2D eigenvalue weighted by atomic mass is 19.1. The summed E-state index contributed by atoms with van der Waals surface area (Å²) in [7, 11) is 0. The fraction of sp³-hybridized carbons (Fsp3) is 0.526. The van der Waals surface area contributed by atoms with Gasteiger partial charge in [-0.1, -0.05) is 39.0 Å². The number of carboxylic acids is 1. The predicted octanol–water partition coefficient (Wildman–Crippen LogP) is 3.41. The Morgan fingerprint density at radius 2 is 1.92 bits per heavy atom. The minimum absolute atomic E-state index is 0.210. The molecule has 1 amide bonds. The molecule has 2 aromatic rings. The number of benzene rings is 1. The molecule has 2 rings (SSSR count). The second-order valence-corrected chi connectivity index (χ2v) is 7.45. The van der Waals surface area contributed by atoms with Crippen molar-refractivity contribution in [2.24, 2.45) is 5.41 Å². The van der Waals surface area contributed by atoms with Crippen LogP contribution in [0.3, 0.4) is 0 Å². The van der Waals surface area contributed by atoms with Gasteiger partial charge in [-0.3, -0.25) is 13.9 Å². The Morgan fingerprint density at radius 1 is 1.23 bits per heavy atom. The second kappa shape index (κ2) is 8.29. The quantitative estimate of drug-likeness (QED) is 0.704. The zero-order chi connectivity index (χ0) is 19.3. The molecule has 1 aromatic heterocycles. The van der Waals surface area contributed by atoms with E-state index in [0.717, 1.165) is 18.4 Å². The van der Waals surface area contributed by atoms with Crippen LogP contribution in [0.2, 0.25) is 0 Å². The number of nitrogens with one attached hydrogen (secondary N) is 1. The first-order chi connectivity index (χ1) is 12.3. The monoisotopic (exact) mass is 363 g/mol. The average molecular weight is 363 g/mol. The van der Waals surface area contributed by atoms with Crippen molar-refractivity contribution < 1.29 is 19.1 Å². The molecular weight excluding hydrogens is 337 g/mol. The summed E-state index contributed by atoms with van der Waals surface area (Å²) < 4.78 is 14.0. The molecule has 1 atom stereocenters. The van der Waals surface area contributed by atoms with E-state index < -0.39 is 23.3 Å². The number of para-hydroxylation sites is 1. The molecule has 1 heterocycles. The van der Waals surface area contributed by atoms with E-state index in [9.17, 15) is 19.1 Å². The van der Waals surface area contributed by atoms with E-state index in [0.29, 0.717) is 18.4 Å². The summed E-state index contributed by atoms with van der Waals surface area (Å²) in [5, 5.41) is 17.1. The molecule has 7 heteroatoms. The standard InChI is InChI=1S/C19H26FN3O3/c1-19(2,3)16(18(25)26)21-17(24)15-13-9-5-6-10-14(13)23(22-15)12-8-4-7-11-20/h5-6,9-10,16H,4,7-8,11-12H2,1-3H3,(H,21,24)(H,25,26). The van der Waals surface area contributed by atoms with E-state index in [1.54, 1.807) is 31.5 Å². The minimum atomic E-state index is -1.08. The SMILES string of the molecule is CC(C)(C)C(NC(=O)c1nn(CCCCCF)c2ccccc12)C(=O)O. The van der Waals surface area contributed by atoms with Crippen molar-refractivity contribution >= 4 is 22.8 Å². The Kier molecular flexibility index (Phi) is 6.34. The molecule has 1 aromatic carbocycles. The summed E-state index contributed by atoms with van der Waals surface area (Å²) in [6.07, 6.45) is 2.02. The molecule has 1 unspecified atom stereocenters. The van der Waals surface area contributed by atoms with Crippen molar-refractivity contribution in [1.82, 2.24) is 15.1 Å². The third kappa shape index (κ3) is 4.59. The fourth-order valence-electron chi connectivity index (χ4n) is 2.85. The van der Waals surface area contributed by atoms with E-state index >= 15 is 0 Å². The number of aryl methyl sites for hydroxylation is 1. The van der Waals surface area contributed by atoms with Gasteiger partial charge in [-0.2, -0.15) is 5.10 Å². The Bertz CT molecular complexity index is 780. The number of aliphatic carboxylic acids is 1. The maximum absolute atomic E-state index is 12.7. The number of carboxylic acid groups (broad SMARTS) is 1. The zero-order valence-electron chi connectivity index (χ0n) is 15.5. The van der Waals surface area contributed by atoms with E-state index in [-0.39, 0.29) is 12.4 Å². The smallest absolute Gasteiger partial charge is 0.326 e. The van der Waals surface area contributed by atoms with E-state index in [1.807, 2.05) is 18.2 Å². The van der Waals surface area contributed by atoms with Crippen molar-refractivity contribution in [2.45, 2.75) is 52.6 Å². The lowest BCUT2D eigenvalue weighted by Gasteiger charge is -2.27. The first-order valence-electron chi connectivity index (χ1n) is 8.81. The number of hydrogen-bond donors (Lipinski definition) is 2. The maximum atomic E-state index is 12.7. The van der Waals surface area contributed by atoms with Crippen LogP contribution in [0.5, 0.6) is 0 Å². The number of alkyl halides is 1. The molecule has 0 aliphatic rings. The van der Waals surface area contributed by atoms with Gasteiger partial charge < -0.3 is 10.4 Å². The molecule has 6 nitrogen and oxygen atoms in total. The third-order valence-electron chi connectivity index (χ3n) is 4.26. The summed E-state index contributed by atoms with van der Waals surface area (Å²) in [4.78, 5) is 24.2. The number of hydrogen-bond acceptors (Lipinski definition) is 3. The number of unbranched alkanes of at least 4 members (excludes halogenated alkanes) is 2. The van der Waals surface area contributed by atoms with E-state index in [1.165, 1.54) is 0 Å². The molecule has 142 valence electrons. The summed E-state index contributed by atoms with van der Waals surface area (Å²) in [6, 6.07) is 6.31. The first-order valence-corrected chi connectivity index (χ1v) is 8.81. The molecule has 0 spiro atoms. The highest BCUT2D eigenvalue weighted by Crippen LogP contribution is 2.22. The van der Waals surface area contributed by atoms with Gasteiger partial charge in [-0.05, 0) is 30.7 Å². The van der Waals surface area contributed by atoms with Crippen LogP contribution >= 0.6 is 0 Å². The van der Waals surface area contributed by atoms with Gasteiger partial charge in [0.2, 0.25) is 0 Å². The topological polar surface area (TPSA) is 84.2 Å². The third-order valence-corrected chi connectivity index (χ3v) is 4.26. The van der Waals surface area contributed by atoms with Crippen LogP contribution in [-0.4, -0.2) is 39.5 Å². The molecule has 0 saturated heterocycles. The molecule has 0 fully saturated rings. The molecular formula is C19H26FN3O3. The Hall–Kier alpha value is -2.44. The lowest BCUT2D eigenvalue weighted by molar-refractivity contribution is -0.142.